The molecule has 0 unspecified atom stereocenters. The molecule has 0 aliphatic rings. The molecule has 108 valence electrons. The number of aryl methyl sites for hydroxylation is 1. The zero-order valence-electron chi connectivity index (χ0n) is 11.0. The third-order valence-corrected chi connectivity index (χ3v) is 2.84. The molecule has 0 heterocycles. The van der Waals surface area contributed by atoms with Crippen LogP contribution in [0.25, 0.3) is 0 Å². The summed E-state index contributed by atoms with van der Waals surface area (Å²) in [6, 6.07) is 7.45. The topological polar surface area (TPSA) is 66.4 Å². The predicted octanol–water partition coefficient (Wildman–Crippen LogP) is 3.22. The van der Waals surface area contributed by atoms with E-state index in [1.807, 2.05) is 0 Å². The van der Waals surface area contributed by atoms with Gasteiger partial charge in [0.2, 0.25) is 0 Å². The van der Waals surface area contributed by atoms with Gasteiger partial charge in [-0.25, -0.2) is 13.6 Å². The van der Waals surface area contributed by atoms with Gasteiger partial charge in [0.05, 0.1) is 11.3 Å². The molecule has 6 heteroatoms. The minimum atomic E-state index is -1.52. The molecular weight excluding hydrogens is 280 g/mol. The fourth-order valence-electron chi connectivity index (χ4n) is 1.84. The van der Waals surface area contributed by atoms with Gasteiger partial charge in [0.15, 0.2) is 0 Å². The number of amides is 1. The number of rotatable bonds is 3. The molecule has 0 aliphatic heterocycles. The van der Waals surface area contributed by atoms with Gasteiger partial charge in [-0.15, -0.1) is 0 Å². The third kappa shape index (κ3) is 3.05. The maximum atomic E-state index is 13.7. The molecule has 0 radical (unpaired) electrons. The van der Waals surface area contributed by atoms with E-state index in [0.717, 1.165) is 6.07 Å². The van der Waals surface area contributed by atoms with E-state index in [1.165, 1.54) is 24.3 Å². The van der Waals surface area contributed by atoms with Gasteiger partial charge in [-0.3, -0.25) is 4.79 Å². The van der Waals surface area contributed by atoms with Crippen LogP contribution in [0.15, 0.2) is 36.4 Å². The Bertz CT molecular complexity index is 729. The largest absolute Gasteiger partial charge is 0.478 e. The Morgan fingerprint density at radius 2 is 1.81 bits per heavy atom. The molecule has 0 aliphatic carbocycles. The summed E-state index contributed by atoms with van der Waals surface area (Å²) in [5.41, 5.74) is -0.506. The van der Waals surface area contributed by atoms with E-state index in [0.29, 0.717) is 5.56 Å². The van der Waals surface area contributed by atoms with Crippen molar-refractivity contribution in [1.29, 1.82) is 0 Å². The number of benzene rings is 2. The van der Waals surface area contributed by atoms with Crippen LogP contribution >= 0.6 is 0 Å². The van der Waals surface area contributed by atoms with Gasteiger partial charge in [0.25, 0.3) is 5.91 Å². The van der Waals surface area contributed by atoms with Crippen LogP contribution in [0.2, 0.25) is 0 Å². The second-order valence-electron chi connectivity index (χ2n) is 4.40. The molecule has 0 bridgehead atoms. The molecule has 2 N–H and O–H groups in total. The number of carboxylic acid groups (broad SMARTS) is 1. The lowest BCUT2D eigenvalue weighted by atomic mass is 10.1. The summed E-state index contributed by atoms with van der Waals surface area (Å²) in [6.07, 6.45) is 0. The van der Waals surface area contributed by atoms with Crippen LogP contribution in [-0.2, 0) is 0 Å². The first-order valence-electron chi connectivity index (χ1n) is 5.99. The van der Waals surface area contributed by atoms with E-state index in [9.17, 15) is 18.4 Å². The van der Waals surface area contributed by atoms with Gasteiger partial charge in [-0.1, -0.05) is 12.1 Å². The molecule has 21 heavy (non-hydrogen) atoms. The maximum absolute atomic E-state index is 13.7. The fourth-order valence-corrected chi connectivity index (χ4v) is 1.84. The zero-order chi connectivity index (χ0) is 15.6. The first-order chi connectivity index (χ1) is 9.90. The van der Waals surface area contributed by atoms with Crippen molar-refractivity contribution in [1.82, 2.24) is 0 Å². The molecule has 2 aromatic rings. The Morgan fingerprint density at radius 3 is 2.43 bits per heavy atom. The number of anilines is 1. The van der Waals surface area contributed by atoms with E-state index >= 15 is 0 Å². The van der Waals surface area contributed by atoms with E-state index < -0.39 is 29.1 Å². The van der Waals surface area contributed by atoms with Crippen LogP contribution in [0.1, 0.15) is 26.3 Å². The maximum Gasteiger partial charge on any atom is 0.340 e. The van der Waals surface area contributed by atoms with E-state index in [2.05, 4.69) is 5.32 Å². The smallest absolute Gasteiger partial charge is 0.340 e. The average Bonchev–Trinajstić information content (AvgIpc) is 2.37. The van der Waals surface area contributed by atoms with E-state index in [4.69, 9.17) is 5.11 Å². The number of halogens is 2. The molecule has 0 saturated carbocycles. The quantitative estimate of drug-likeness (QED) is 0.912. The minimum Gasteiger partial charge on any atom is -0.478 e. The van der Waals surface area contributed by atoms with Gasteiger partial charge in [-0.2, -0.15) is 0 Å². The normalized spacial score (nSPS) is 10.2. The Labute approximate surface area is 119 Å². The number of hydrogen-bond donors (Lipinski definition) is 2. The minimum absolute atomic E-state index is 0.229. The lowest BCUT2D eigenvalue weighted by molar-refractivity contribution is 0.0693. The van der Waals surface area contributed by atoms with Gasteiger partial charge < -0.3 is 10.4 Å². The van der Waals surface area contributed by atoms with Crippen LogP contribution in [0.4, 0.5) is 14.5 Å². The Kier molecular flexibility index (Phi) is 3.98. The first kappa shape index (κ1) is 14.6. The molecule has 1 amide bonds. The lowest BCUT2D eigenvalue weighted by Gasteiger charge is -2.10. The number of carbonyl (C=O) groups is 2. The second kappa shape index (κ2) is 5.70. The highest BCUT2D eigenvalue weighted by molar-refractivity contribution is 6.07. The molecule has 4 nitrogen and oxygen atoms in total. The second-order valence-corrected chi connectivity index (χ2v) is 4.40. The summed E-state index contributed by atoms with van der Waals surface area (Å²) in [7, 11) is 0. The number of aromatic carboxylic acids is 1. The number of hydrogen-bond acceptors (Lipinski definition) is 2. The van der Waals surface area contributed by atoms with Crippen LogP contribution in [0.3, 0.4) is 0 Å². The standard InChI is InChI=1S/C15H11F2NO3/c1-8-5-6-9(11(17)7-8)14(19)18-12-4-2-3-10(16)13(12)15(20)21/h2-7H,1H3,(H,18,19)(H,20,21). The molecule has 0 aromatic heterocycles. The summed E-state index contributed by atoms with van der Waals surface area (Å²) < 4.78 is 27.2. The van der Waals surface area contributed by atoms with Crippen molar-refractivity contribution in [3.05, 3.63) is 64.7 Å². The molecule has 0 fully saturated rings. The Balaban J connectivity index is 2.36. The highest BCUT2D eigenvalue weighted by Crippen LogP contribution is 2.20. The average molecular weight is 291 g/mol. The van der Waals surface area contributed by atoms with Crippen molar-refractivity contribution in [3.63, 3.8) is 0 Å². The number of carboxylic acids is 1. The van der Waals surface area contributed by atoms with E-state index in [1.54, 1.807) is 13.0 Å². The highest BCUT2D eigenvalue weighted by Gasteiger charge is 2.19. The monoisotopic (exact) mass is 291 g/mol. The van der Waals surface area contributed by atoms with Crippen LogP contribution in [-0.4, -0.2) is 17.0 Å². The molecule has 2 rings (SSSR count). The molecule has 0 saturated heterocycles. The van der Waals surface area contributed by atoms with Gasteiger partial charge in [0, 0.05) is 0 Å². The molecular formula is C15H11F2NO3. The van der Waals surface area contributed by atoms with Crippen molar-refractivity contribution >= 4 is 17.6 Å². The van der Waals surface area contributed by atoms with E-state index in [-0.39, 0.29) is 11.3 Å². The van der Waals surface area contributed by atoms with Crippen molar-refractivity contribution < 1.29 is 23.5 Å². The Morgan fingerprint density at radius 1 is 1.10 bits per heavy atom. The third-order valence-electron chi connectivity index (χ3n) is 2.84. The van der Waals surface area contributed by atoms with Crippen molar-refractivity contribution in [2.45, 2.75) is 6.92 Å². The van der Waals surface area contributed by atoms with Crippen molar-refractivity contribution in [3.8, 4) is 0 Å². The van der Waals surface area contributed by atoms with Gasteiger partial charge in [-0.05, 0) is 36.8 Å². The molecule has 0 atom stereocenters. The van der Waals surface area contributed by atoms with Gasteiger partial charge >= 0.3 is 5.97 Å². The zero-order valence-corrected chi connectivity index (χ0v) is 11.0. The molecule has 0 spiro atoms. The van der Waals surface area contributed by atoms with Gasteiger partial charge in [0.1, 0.15) is 17.2 Å². The fraction of sp³-hybridized carbons (Fsp3) is 0.0667. The lowest BCUT2D eigenvalue weighted by Crippen LogP contribution is -2.17. The van der Waals surface area contributed by atoms with Crippen LogP contribution in [0.5, 0.6) is 0 Å². The summed E-state index contributed by atoms with van der Waals surface area (Å²) in [6.45, 7) is 1.67. The van der Waals surface area contributed by atoms with Crippen molar-refractivity contribution in [2.75, 3.05) is 5.32 Å². The van der Waals surface area contributed by atoms with Crippen LogP contribution in [0, 0.1) is 18.6 Å². The first-order valence-corrected chi connectivity index (χ1v) is 5.99. The van der Waals surface area contributed by atoms with Crippen LogP contribution < -0.4 is 5.32 Å². The highest BCUT2D eigenvalue weighted by atomic mass is 19.1. The summed E-state index contributed by atoms with van der Waals surface area (Å²) in [5.74, 6) is -4.08. The summed E-state index contributed by atoms with van der Waals surface area (Å²) in [4.78, 5) is 23.0. The Hall–Kier alpha value is -2.76. The number of carbonyl (C=O) groups excluding carboxylic acids is 1. The molecule has 2 aromatic carbocycles. The van der Waals surface area contributed by atoms with Crippen molar-refractivity contribution in [2.24, 2.45) is 0 Å². The number of nitrogens with one attached hydrogen (secondary N) is 1. The SMILES string of the molecule is Cc1ccc(C(=O)Nc2cccc(F)c2C(=O)O)c(F)c1. The summed E-state index contributed by atoms with van der Waals surface area (Å²) in [5, 5.41) is 11.2. The predicted molar refractivity (Wildman–Crippen MR) is 72.4 cm³/mol. The summed E-state index contributed by atoms with van der Waals surface area (Å²) >= 11 is 0.